The molecule has 1 nitrogen and oxygen atoms in total. The highest BCUT2D eigenvalue weighted by Crippen LogP contribution is 2.58. The summed E-state index contributed by atoms with van der Waals surface area (Å²) in [6.45, 7) is 8.93. The highest BCUT2D eigenvalue weighted by atomic mass is 16.3. The Balaban J connectivity index is 1.87. The third-order valence-electron chi connectivity index (χ3n) is 6.26. The summed E-state index contributed by atoms with van der Waals surface area (Å²) in [6.07, 6.45) is 12.3. The molecule has 19 heavy (non-hydrogen) atoms. The fraction of sp³-hybridized carbons (Fsp3) is 1.00. The van der Waals surface area contributed by atoms with Gasteiger partial charge in [-0.2, -0.15) is 0 Å². The average Bonchev–Trinajstić information content (AvgIpc) is 2.64. The molecule has 0 aromatic rings. The second-order valence-electron chi connectivity index (χ2n) is 8.31. The molecule has 0 saturated heterocycles. The molecule has 0 aromatic heterocycles. The molecular formula is C18H34O. The molecule has 0 spiro atoms. The second kappa shape index (κ2) is 5.76. The maximum atomic E-state index is 9.83. The van der Waals surface area contributed by atoms with Crippen molar-refractivity contribution in [2.45, 2.75) is 91.1 Å². The number of fused-ring (bicyclic) bond motifs is 1. The van der Waals surface area contributed by atoms with Gasteiger partial charge in [-0.05, 0) is 69.1 Å². The van der Waals surface area contributed by atoms with Crippen LogP contribution in [0.2, 0.25) is 0 Å². The van der Waals surface area contributed by atoms with Crippen LogP contribution >= 0.6 is 0 Å². The van der Waals surface area contributed by atoms with Gasteiger partial charge in [-0.1, -0.05) is 39.5 Å². The summed E-state index contributed by atoms with van der Waals surface area (Å²) in [4.78, 5) is 0. The molecule has 2 saturated carbocycles. The van der Waals surface area contributed by atoms with Gasteiger partial charge in [-0.25, -0.2) is 0 Å². The van der Waals surface area contributed by atoms with E-state index in [0.29, 0.717) is 5.41 Å². The lowest BCUT2D eigenvalue weighted by Crippen LogP contribution is -2.34. The third kappa shape index (κ3) is 3.54. The Bertz CT molecular complexity index is 291. The first kappa shape index (κ1) is 15.4. The highest BCUT2D eigenvalue weighted by molar-refractivity contribution is 4.98. The van der Waals surface area contributed by atoms with Gasteiger partial charge in [0.05, 0.1) is 5.60 Å². The van der Waals surface area contributed by atoms with Crippen LogP contribution < -0.4 is 0 Å². The normalized spacial score (nSPS) is 37.1. The van der Waals surface area contributed by atoms with Crippen LogP contribution in [-0.2, 0) is 0 Å². The maximum absolute atomic E-state index is 9.83. The van der Waals surface area contributed by atoms with Crippen molar-refractivity contribution in [1.29, 1.82) is 0 Å². The Morgan fingerprint density at radius 2 is 1.95 bits per heavy atom. The molecule has 0 radical (unpaired) electrons. The molecule has 4 atom stereocenters. The molecule has 2 fully saturated rings. The van der Waals surface area contributed by atoms with Crippen LogP contribution in [0.1, 0.15) is 85.5 Å². The first-order chi connectivity index (χ1) is 8.83. The Morgan fingerprint density at radius 1 is 1.21 bits per heavy atom. The van der Waals surface area contributed by atoms with E-state index in [2.05, 4.69) is 13.8 Å². The molecule has 0 heterocycles. The van der Waals surface area contributed by atoms with E-state index in [1.54, 1.807) is 0 Å². The summed E-state index contributed by atoms with van der Waals surface area (Å²) in [5.74, 6) is 2.80. The number of aliphatic hydroxyl groups is 1. The van der Waals surface area contributed by atoms with Crippen LogP contribution in [0.3, 0.4) is 0 Å². The van der Waals surface area contributed by atoms with Crippen LogP contribution in [0, 0.1) is 23.2 Å². The lowest BCUT2D eigenvalue weighted by molar-refractivity contribution is 0.0522. The van der Waals surface area contributed by atoms with Crippen LogP contribution in [0.5, 0.6) is 0 Å². The topological polar surface area (TPSA) is 20.2 Å². The fourth-order valence-corrected chi connectivity index (χ4v) is 5.10. The molecule has 0 amide bonds. The first-order valence-electron chi connectivity index (χ1n) is 8.55. The molecule has 1 unspecified atom stereocenters. The molecule has 0 aliphatic heterocycles. The van der Waals surface area contributed by atoms with Crippen LogP contribution in [0.25, 0.3) is 0 Å². The molecule has 1 N–H and O–H groups in total. The fourth-order valence-electron chi connectivity index (χ4n) is 5.10. The number of rotatable bonds is 5. The largest absolute Gasteiger partial charge is 0.390 e. The van der Waals surface area contributed by atoms with Gasteiger partial charge >= 0.3 is 0 Å². The predicted molar refractivity (Wildman–Crippen MR) is 82.1 cm³/mol. The van der Waals surface area contributed by atoms with E-state index in [1.807, 2.05) is 13.8 Å². The molecule has 2 rings (SSSR count). The van der Waals surface area contributed by atoms with Crippen LogP contribution in [0.15, 0.2) is 0 Å². The van der Waals surface area contributed by atoms with E-state index in [4.69, 9.17) is 0 Å². The summed E-state index contributed by atoms with van der Waals surface area (Å²) in [6, 6.07) is 0. The Kier molecular flexibility index (Phi) is 4.65. The van der Waals surface area contributed by atoms with Crippen molar-refractivity contribution >= 4 is 0 Å². The van der Waals surface area contributed by atoms with Crippen molar-refractivity contribution in [3.8, 4) is 0 Å². The lowest BCUT2D eigenvalue weighted by Gasteiger charge is -2.43. The van der Waals surface area contributed by atoms with Crippen LogP contribution in [0.4, 0.5) is 0 Å². The lowest BCUT2D eigenvalue weighted by atomic mass is 9.62. The maximum Gasteiger partial charge on any atom is 0.0591 e. The molecular weight excluding hydrogens is 232 g/mol. The first-order valence-corrected chi connectivity index (χ1v) is 8.55. The molecule has 0 aromatic carbocycles. The zero-order chi connectivity index (χ0) is 14.1. The van der Waals surface area contributed by atoms with Crippen molar-refractivity contribution in [3.63, 3.8) is 0 Å². The van der Waals surface area contributed by atoms with Gasteiger partial charge in [0, 0.05) is 0 Å². The summed E-state index contributed by atoms with van der Waals surface area (Å²) < 4.78 is 0. The summed E-state index contributed by atoms with van der Waals surface area (Å²) in [5, 5.41) is 9.83. The minimum atomic E-state index is -0.479. The summed E-state index contributed by atoms with van der Waals surface area (Å²) in [7, 11) is 0. The second-order valence-corrected chi connectivity index (χ2v) is 8.31. The van der Waals surface area contributed by atoms with E-state index in [1.165, 1.54) is 51.4 Å². The smallest absolute Gasteiger partial charge is 0.0591 e. The Labute approximate surface area is 120 Å². The van der Waals surface area contributed by atoms with E-state index in [0.717, 1.165) is 24.2 Å². The average molecular weight is 266 g/mol. The van der Waals surface area contributed by atoms with Gasteiger partial charge < -0.3 is 5.11 Å². The van der Waals surface area contributed by atoms with Crippen molar-refractivity contribution in [3.05, 3.63) is 0 Å². The Morgan fingerprint density at radius 3 is 2.63 bits per heavy atom. The zero-order valence-corrected chi connectivity index (χ0v) is 13.5. The summed E-state index contributed by atoms with van der Waals surface area (Å²) in [5.41, 5.74) is 0.166. The monoisotopic (exact) mass is 266 g/mol. The minimum Gasteiger partial charge on any atom is -0.390 e. The quantitative estimate of drug-likeness (QED) is 0.728. The van der Waals surface area contributed by atoms with Gasteiger partial charge in [0.25, 0.3) is 0 Å². The van der Waals surface area contributed by atoms with Crippen molar-refractivity contribution in [2.75, 3.05) is 0 Å². The number of hydrogen-bond donors (Lipinski definition) is 1. The SMILES string of the molecule is CC(CCCC(C)(C)O)[C@H]1CC[C@H]2CCCC[C@]21C. The molecule has 2 aliphatic rings. The van der Waals surface area contributed by atoms with Gasteiger partial charge in [0.1, 0.15) is 0 Å². The van der Waals surface area contributed by atoms with Crippen LogP contribution in [-0.4, -0.2) is 10.7 Å². The van der Waals surface area contributed by atoms with E-state index in [-0.39, 0.29) is 0 Å². The Hall–Kier alpha value is -0.0400. The van der Waals surface area contributed by atoms with Crippen molar-refractivity contribution < 1.29 is 5.11 Å². The molecule has 1 heteroatoms. The third-order valence-corrected chi connectivity index (χ3v) is 6.26. The van der Waals surface area contributed by atoms with Crippen molar-refractivity contribution in [2.24, 2.45) is 23.2 Å². The standard InChI is InChI=1S/C18H34O/c1-14(8-7-12-17(2,3)19)16-11-10-15-9-5-6-13-18(15,16)4/h14-16,19H,5-13H2,1-4H3/t14?,15-,16-,18-/m1/s1. The van der Waals surface area contributed by atoms with Gasteiger partial charge in [-0.3, -0.25) is 0 Å². The van der Waals surface area contributed by atoms with E-state index in [9.17, 15) is 5.11 Å². The zero-order valence-electron chi connectivity index (χ0n) is 13.5. The molecule has 2 aliphatic carbocycles. The molecule has 112 valence electrons. The van der Waals surface area contributed by atoms with Gasteiger partial charge in [0.15, 0.2) is 0 Å². The van der Waals surface area contributed by atoms with E-state index >= 15 is 0 Å². The highest BCUT2D eigenvalue weighted by Gasteiger charge is 2.48. The predicted octanol–water partition coefficient (Wildman–Crippen LogP) is 5.17. The number of hydrogen-bond acceptors (Lipinski definition) is 1. The van der Waals surface area contributed by atoms with E-state index < -0.39 is 5.60 Å². The molecule has 0 bridgehead atoms. The minimum absolute atomic E-state index is 0.479. The summed E-state index contributed by atoms with van der Waals surface area (Å²) >= 11 is 0. The van der Waals surface area contributed by atoms with Gasteiger partial charge in [-0.15, -0.1) is 0 Å². The van der Waals surface area contributed by atoms with Crippen molar-refractivity contribution in [1.82, 2.24) is 0 Å². The van der Waals surface area contributed by atoms with Gasteiger partial charge in [0.2, 0.25) is 0 Å².